The van der Waals surface area contributed by atoms with E-state index in [-0.39, 0.29) is 29.5 Å². The van der Waals surface area contributed by atoms with Crippen LogP contribution < -0.4 is 9.47 Å². The van der Waals surface area contributed by atoms with Gasteiger partial charge in [-0.2, -0.15) is 13.2 Å². The zero-order valence-corrected chi connectivity index (χ0v) is 19.6. The topological polar surface area (TPSA) is 35.5 Å². The number of ketones is 1. The second-order valence-corrected chi connectivity index (χ2v) is 8.93. The van der Waals surface area contributed by atoms with Crippen molar-refractivity contribution in [2.45, 2.75) is 19.5 Å². The molecule has 0 amide bonds. The number of hydrogen-bond donors (Lipinski definition) is 0. The van der Waals surface area contributed by atoms with Crippen LogP contribution in [0.1, 0.15) is 30.6 Å². The first kappa shape index (κ1) is 25.5. The lowest BCUT2D eigenvalue weighted by molar-refractivity contribution is -0.134. The van der Waals surface area contributed by atoms with Gasteiger partial charge in [-0.1, -0.05) is 36.4 Å². The SMILES string of the molecule is COc1ccc(C(=O)c2sc(C(F)(F)F)cc2OCc2ccccc2)cc1.FCc1cccs1. The number of carbonyl (C=O) groups is 1. The number of carbonyl (C=O) groups excluding carboxylic acids is 1. The molecule has 9 heteroatoms. The number of ether oxygens (including phenoxy) is 2. The van der Waals surface area contributed by atoms with Crippen molar-refractivity contribution in [2.24, 2.45) is 0 Å². The van der Waals surface area contributed by atoms with Gasteiger partial charge in [-0.15, -0.1) is 22.7 Å². The van der Waals surface area contributed by atoms with E-state index in [1.807, 2.05) is 17.5 Å². The monoisotopic (exact) mass is 508 g/mol. The van der Waals surface area contributed by atoms with Crippen molar-refractivity contribution in [3.05, 3.63) is 104 Å². The first-order chi connectivity index (χ1) is 16.3. The molecule has 0 spiro atoms. The molecule has 4 rings (SSSR count). The first-order valence-corrected chi connectivity index (χ1v) is 11.7. The van der Waals surface area contributed by atoms with Gasteiger partial charge in [-0.25, -0.2) is 4.39 Å². The van der Waals surface area contributed by atoms with Crippen LogP contribution in [0.25, 0.3) is 0 Å². The van der Waals surface area contributed by atoms with Crippen LogP contribution in [-0.4, -0.2) is 12.9 Å². The predicted molar refractivity (Wildman–Crippen MR) is 126 cm³/mol. The molecule has 2 heterocycles. The Morgan fingerprint density at radius 2 is 1.68 bits per heavy atom. The Kier molecular flexibility index (Phi) is 8.84. The maximum Gasteiger partial charge on any atom is 0.425 e. The molecule has 0 saturated heterocycles. The van der Waals surface area contributed by atoms with E-state index in [2.05, 4.69) is 0 Å². The van der Waals surface area contributed by atoms with Gasteiger partial charge in [0.15, 0.2) is 0 Å². The molecule has 0 aliphatic heterocycles. The van der Waals surface area contributed by atoms with Gasteiger partial charge in [-0.3, -0.25) is 4.79 Å². The number of benzene rings is 2. The van der Waals surface area contributed by atoms with Gasteiger partial charge >= 0.3 is 6.18 Å². The minimum absolute atomic E-state index is 0.0672. The summed E-state index contributed by atoms with van der Waals surface area (Å²) in [6.07, 6.45) is -4.55. The van der Waals surface area contributed by atoms with Crippen LogP contribution in [0.5, 0.6) is 11.5 Å². The molecule has 0 aliphatic carbocycles. The van der Waals surface area contributed by atoms with Crippen LogP contribution in [0, 0.1) is 0 Å². The molecule has 0 saturated carbocycles. The number of halogens is 4. The van der Waals surface area contributed by atoms with Gasteiger partial charge in [0.1, 0.15) is 34.5 Å². The molecule has 0 N–H and O–H groups in total. The largest absolute Gasteiger partial charge is 0.497 e. The molecule has 0 fully saturated rings. The Labute approximate surface area is 202 Å². The maximum atomic E-state index is 13.1. The van der Waals surface area contributed by atoms with E-state index in [1.165, 1.54) is 30.6 Å². The summed E-state index contributed by atoms with van der Waals surface area (Å²) in [6.45, 7) is -0.255. The van der Waals surface area contributed by atoms with E-state index in [0.717, 1.165) is 16.5 Å². The highest BCUT2D eigenvalue weighted by Crippen LogP contribution is 2.41. The van der Waals surface area contributed by atoms with E-state index < -0.39 is 16.8 Å². The van der Waals surface area contributed by atoms with Gasteiger partial charge < -0.3 is 9.47 Å². The fraction of sp³-hybridized carbons (Fsp3) is 0.160. The minimum atomic E-state index is -4.55. The molecule has 0 radical (unpaired) electrons. The lowest BCUT2D eigenvalue weighted by Crippen LogP contribution is -2.03. The van der Waals surface area contributed by atoms with Gasteiger partial charge in [0.2, 0.25) is 5.78 Å². The van der Waals surface area contributed by atoms with Gasteiger partial charge in [0.25, 0.3) is 0 Å². The Morgan fingerprint density at radius 1 is 0.971 bits per heavy atom. The average molecular weight is 509 g/mol. The van der Waals surface area contributed by atoms with E-state index in [0.29, 0.717) is 17.1 Å². The highest BCUT2D eigenvalue weighted by molar-refractivity contribution is 7.14. The second kappa shape index (κ2) is 11.8. The standard InChI is InChI=1S/C20H15F3O3S.C5H5FS/c1-25-15-9-7-14(8-10-15)18(24)19-16(11-17(27-19)20(21,22)23)26-12-13-5-3-2-4-6-13;6-4-5-2-1-3-7-5/h2-11H,12H2,1H3;1-3H,4H2. The van der Waals surface area contributed by atoms with Crippen LogP contribution in [0.4, 0.5) is 17.6 Å². The van der Waals surface area contributed by atoms with Gasteiger partial charge in [0.05, 0.1) is 7.11 Å². The van der Waals surface area contributed by atoms with E-state index >= 15 is 0 Å². The summed E-state index contributed by atoms with van der Waals surface area (Å²) in [4.78, 5) is 12.6. The number of rotatable bonds is 7. The van der Waals surface area contributed by atoms with Crippen LogP contribution >= 0.6 is 22.7 Å². The molecule has 34 heavy (non-hydrogen) atoms. The van der Waals surface area contributed by atoms with Crippen molar-refractivity contribution in [3.63, 3.8) is 0 Å². The number of alkyl halides is 4. The third-order valence-corrected chi connectivity index (χ3v) is 6.49. The third kappa shape index (κ3) is 6.91. The van der Waals surface area contributed by atoms with Crippen LogP contribution in [0.2, 0.25) is 0 Å². The molecule has 4 aromatic rings. The lowest BCUT2D eigenvalue weighted by atomic mass is 10.1. The summed E-state index contributed by atoms with van der Waals surface area (Å²) in [7, 11) is 1.49. The van der Waals surface area contributed by atoms with E-state index in [4.69, 9.17) is 9.47 Å². The molecule has 0 atom stereocenters. The Balaban J connectivity index is 0.000000396. The molecule has 2 aromatic heterocycles. The second-order valence-electron chi connectivity index (χ2n) is 6.85. The molecular formula is C25H20F4O3S2. The maximum absolute atomic E-state index is 13.1. The fourth-order valence-corrected chi connectivity index (χ4v) is 4.26. The van der Waals surface area contributed by atoms with Gasteiger partial charge in [-0.05, 0) is 41.3 Å². The summed E-state index contributed by atoms with van der Waals surface area (Å²) in [6, 6.07) is 19.7. The van der Waals surface area contributed by atoms with Crippen molar-refractivity contribution < 1.29 is 31.8 Å². The molecule has 178 valence electrons. The molecular weight excluding hydrogens is 488 g/mol. The van der Waals surface area contributed by atoms with Crippen molar-refractivity contribution in [3.8, 4) is 11.5 Å². The van der Waals surface area contributed by atoms with Crippen LogP contribution in [0.15, 0.2) is 78.2 Å². The summed E-state index contributed by atoms with van der Waals surface area (Å²) in [5.74, 6) is -0.0486. The molecule has 0 bridgehead atoms. The fourth-order valence-electron chi connectivity index (χ4n) is 2.78. The Bertz CT molecular complexity index is 1170. The van der Waals surface area contributed by atoms with Crippen molar-refractivity contribution >= 4 is 28.5 Å². The third-order valence-electron chi connectivity index (χ3n) is 4.48. The highest BCUT2D eigenvalue weighted by Gasteiger charge is 2.35. The average Bonchev–Trinajstić information content (AvgIpc) is 3.53. The van der Waals surface area contributed by atoms with Crippen molar-refractivity contribution in [2.75, 3.05) is 7.11 Å². The minimum Gasteiger partial charge on any atom is -0.497 e. The Hall–Kier alpha value is -3.17. The summed E-state index contributed by atoms with van der Waals surface area (Å²) in [5, 5.41) is 1.87. The van der Waals surface area contributed by atoms with Gasteiger partial charge in [0, 0.05) is 16.5 Å². The zero-order valence-electron chi connectivity index (χ0n) is 18.0. The summed E-state index contributed by atoms with van der Waals surface area (Å²) >= 11 is 1.83. The summed E-state index contributed by atoms with van der Waals surface area (Å²) < 4.78 is 61.6. The lowest BCUT2D eigenvalue weighted by Gasteiger charge is -2.07. The normalized spacial score (nSPS) is 10.9. The Morgan fingerprint density at radius 3 is 2.21 bits per heavy atom. The molecule has 2 aromatic carbocycles. The quantitative estimate of drug-likeness (QED) is 0.189. The summed E-state index contributed by atoms with van der Waals surface area (Å²) in [5.41, 5.74) is 1.05. The predicted octanol–water partition coefficient (Wildman–Crippen LogP) is 7.80. The molecule has 0 unspecified atom stereocenters. The smallest absolute Gasteiger partial charge is 0.425 e. The molecule has 0 aliphatic rings. The molecule has 3 nitrogen and oxygen atoms in total. The number of methoxy groups -OCH3 is 1. The van der Waals surface area contributed by atoms with E-state index in [1.54, 1.807) is 42.5 Å². The number of thiophene rings is 2. The van der Waals surface area contributed by atoms with E-state index in [9.17, 15) is 22.4 Å². The van der Waals surface area contributed by atoms with Crippen LogP contribution in [-0.2, 0) is 19.5 Å². The highest BCUT2D eigenvalue weighted by atomic mass is 32.1. The van der Waals surface area contributed by atoms with Crippen molar-refractivity contribution in [1.29, 1.82) is 0 Å². The zero-order chi connectivity index (χ0) is 24.6. The van der Waals surface area contributed by atoms with Crippen molar-refractivity contribution in [1.82, 2.24) is 0 Å². The van der Waals surface area contributed by atoms with Crippen LogP contribution in [0.3, 0.4) is 0 Å². The number of hydrogen-bond acceptors (Lipinski definition) is 5. The first-order valence-electron chi connectivity index (χ1n) is 9.96.